The predicted molar refractivity (Wildman–Crippen MR) is 191 cm³/mol. The van der Waals surface area contributed by atoms with Crippen LogP contribution < -0.4 is 10.1 Å². The first kappa shape index (κ1) is 34.7. The van der Waals surface area contributed by atoms with E-state index in [1.54, 1.807) is 12.4 Å². The molecule has 2 aromatic carbocycles. The topological polar surface area (TPSA) is 88.4 Å². The number of aryl methyl sites for hydroxylation is 2. The van der Waals surface area contributed by atoms with E-state index < -0.39 is 11.2 Å². The summed E-state index contributed by atoms with van der Waals surface area (Å²) in [6, 6.07) is 15.5. The number of amides is 1. The summed E-state index contributed by atoms with van der Waals surface area (Å²) in [5, 5.41) is 2.98. The number of anilines is 1. The number of imidazole rings is 1. The van der Waals surface area contributed by atoms with Crippen LogP contribution >= 0.6 is 0 Å². The van der Waals surface area contributed by atoms with Crippen molar-refractivity contribution in [3.8, 4) is 5.75 Å². The van der Waals surface area contributed by atoms with Gasteiger partial charge in [0, 0.05) is 24.8 Å². The molecule has 0 bridgehead atoms. The van der Waals surface area contributed by atoms with E-state index in [0.29, 0.717) is 36.5 Å². The highest BCUT2D eigenvalue weighted by molar-refractivity contribution is 7.90. The number of allylic oxidation sites excluding steroid dienone is 5. The molecule has 8 heteroatoms. The third-order valence-corrected chi connectivity index (χ3v) is 10.5. The average molecular weight is 656 g/mol. The predicted octanol–water partition coefficient (Wildman–Crippen LogP) is 8.29. The van der Waals surface area contributed by atoms with E-state index in [9.17, 15) is 9.35 Å². The number of rotatable bonds is 16. The van der Waals surface area contributed by atoms with Crippen molar-refractivity contribution in [1.82, 2.24) is 9.55 Å². The molecule has 2 unspecified atom stereocenters. The fraction of sp³-hybridized carbons (Fsp3) is 0.436. The number of hydrogen-bond donors (Lipinski definition) is 1. The molecule has 7 nitrogen and oxygen atoms in total. The van der Waals surface area contributed by atoms with E-state index in [0.717, 1.165) is 59.2 Å². The zero-order chi connectivity index (χ0) is 33.0. The second-order valence-corrected chi connectivity index (χ2v) is 13.9. The number of nitrogens with zero attached hydrogens (tertiary/aromatic N) is 2. The summed E-state index contributed by atoms with van der Waals surface area (Å²) in [6.45, 7) is 8.86. The Bertz CT molecular complexity index is 1520. The zero-order valence-corrected chi connectivity index (χ0v) is 28.8. The maximum atomic E-state index is 13.1. The summed E-state index contributed by atoms with van der Waals surface area (Å²) in [7, 11) is 0. The van der Waals surface area contributed by atoms with Gasteiger partial charge in [-0.3, -0.25) is 4.79 Å². The van der Waals surface area contributed by atoms with Crippen molar-refractivity contribution in [2.24, 2.45) is 17.8 Å². The third kappa shape index (κ3) is 9.72. The van der Waals surface area contributed by atoms with Crippen LogP contribution in [0.1, 0.15) is 69.3 Å². The third-order valence-electron chi connectivity index (χ3n) is 9.20. The lowest BCUT2D eigenvalue weighted by atomic mass is 9.75. The number of carbonyl (C=O) groups excluding carboxylic acids is 1. The Morgan fingerprint density at radius 1 is 1.06 bits per heavy atom. The van der Waals surface area contributed by atoms with Gasteiger partial charge in [-0.1, -0.05) is 62.6 Å². The minimum absolute atomic E-state index is 0.129. The Morgan fingerprint density at radius 2 is 1.83 bits per heavy atom. The van der Waals surface area contributed by atoms with Crippen LogP contribution in [0.25, 0.3) is 5.57 Å². The van der Waals surface area contributed by atoms with Gasteiger partial charge in [0.25, 0.3) is 0 Å². The summed E-state index contributed by atoms with van der Waals surface area (Å²) in [4.78, 5) is 18.1. The van der Waals surface area contributed by atoms with Crippen LogP contribution in [0.3, 0.4) is 0 Å². The van der Waals surface area contributed by atoms with Crippen molar-refractivity contribution in [1.29, 1.82) is 0 Å². The van der Waals surface area contributed by atoms with Gasteiger partial charge in [0.1, 0.15) is 12.4 Å². The largest absolute Gasteiger partial charge is 0.611 e. The van der Waals surface area contributed by atoms with Gasteiger partial charge in [-0.2, -0.15) is 0 Å². The lowest BCUT2D eigenvalue weighted by Crippen LogP contribution is -2.20. The minimum atomic E-state index is -1.20. The van der Waals surface area contributed by atoms with Crippen molar-refractivity contribution >= 4 is 28.3 Å². The lowest BCUT2D eigenvalue weighted by Gasteiger charge is -2.29. The number of carbonyl (C=O) groups is 1. The molecule has 0 aliphatic heterocycles. The van der Waals surface area contributed by atoms with E-state index >= 15 is 0 Å². The number of hydrogen-bond acceptors (Lipinski definition) is 5. The minimum Gasteiger partial charge on any atom is -0.611 e. The molecule has 1 N–H and O–H groups in total. The van der Waals surface area contributed by atoms with Crippen molar-refractivity contribution < 1.29 is 18.8 Å². The molecule has 3 atom stereocenters. The molecule has 0 saturated heterocycles. The smallest absolute Gasteiger partial charge is 0.248 e. The van der Waals surface area contributed by atoms with Crippen molar-refractivity contribution in [3.05, 3.63) is 102 Å². The van der Waals surface area contributed by atoms with E-state index in [4.69, 9.17) is 9.47 Å². The van der Waals surface area contributed by atoms with E-state index in [2.05, 4.69) is 60.6 Å². The molecule has 3 aromatic rings. The molecule has 1 amide bonds. The van der Waals surface area contributed by atoms with Crippen LogP contribution in [-0.4, -0.2) is 39.8 Å². The van der Waals surface area contributed by atoms with Crippen LogP contribution in [0.4, 0.5) is 5.69 Å². The lowest BCUT2D eigenvalue weighted by molar-refractivity contribution is -0.111. The maximum absolute atomic E-state index is 13.1. The van der Waals surface area contributed by atoms with Crippen molar-refractivity contribution in [2.45, 2.75) is 76.5 Å². The Kier molecular flexibility index (Phi) is 13.0. The van der Waals surface area contributed by atoms with E-state index in [1.165, 1.54) is 25.7 Å². The summed E-state index contributed by atoms with van der Waals surface area (Å²) >= 11 is -1.20. The molecule has 5 rings (SSSR count). The van der Waals surface area contributed by atoms with E-state index in [-0.39, 0.29) is 11.8 Å². The van der Waals surface area contributed by atoms with Gasteiger partial charge in [0.05, 0.1) is 24.3 Å². The molecule has 47 heavy (non-hydrogen) atoms. The summed E-state index contributed by atoms with van der Waals surface area (Å²) in [5.41, 5.74) is 4.86. The molecule has 1 saturated carbocycles. The molecule has 1 aromatic heterocycles. The van der Waals surface area contributed by atoms with E-state index in [1.807, 2.05) is 47.9 Å². The highest BCUT2D eigenvalue weighted by Gasteiger charge is 2.30. The van der Waals surface area contributed by atoms with Gasteiger partial charge < -0.3 is 23.9 Å². The molecule has 1 heterocycles. The second kappa shape index (κ2) is 17.5. The summed E-state index contributed by atoms with van der Waals surface area (Å²) in [5.74, 6) is 2.21. The SMILES string of the molecule is CCCCOCCOc1ccc(C2=CC(/C=C/C(=O)Nc3ccc([S@@+]([O-])Cc4c(C)ncn4CC)cc3)C(C3CCCC3)C=C2)cc1. The monoisotopic (exact) mass is 655 g/mol. The number of aromatic nitrogens is 2. The Hall–Kier alpha value is -3.59. The molecular formula is C39H49N3O4S. The molecule has 2 aliphatic carbocycles. The fourth-order valence-corrected chi connectivity index (χ4v) is 7.70. The number of benzene rings is 2. The van der Waals surface area contributed by atoms with Crippen LogP contribution in [0.5, 0.6) is 5.75 Å². The molecule has 0 radical (unpaired) electrons. The van der Waals surface area contributed by atoms with Crippen LogP contribution in [-0.2, 0) is 33.0 Å². The second-order valence-electron chi connectivity index (χ2n) is 12.4. The summed E-state index contributed by atoms with van der Waals surface area (Å²) in [6.07, 6.45) is 19.6. The summed E-state index contributed by atoms with van der Waals surface area (Å²) < 4.78 is 26.6. The zero-order valence-electron chi connectivity index (χ0n) is 28.0. The van der Waals surface area contributed by atoms with Crippen LogP contribution in [0, 0.1) is 24.7 Å². The van der Waals surface area contributed by atoms with Crippen LogP contribution in [0.15, 0.2) is 90.1 Å². The standard InChI is InChI=1S/C39H49N3O4S/c1-4-6-23-45-24-25-46-35-17-11-30(12-18-35)32-13-21-37(31-9-7-8-10-31)33(26-32)14-22-39(43)41-34-15-19-36(20-16-34)47(44)27-38-29(3)40-28-42(38)5-2/h11-22,26,28,31,33,37H,4-10,23-25,27H2,1-3H3,(H,41,43)/b22-14+/t33?,37?,47-/m0/s1. The Balaban J connectivity index is 1.19. The first-order chi connectivity index (χ1) is 22.9. The molecule has 250 valence electrons. The van der Waals surface area contributed by atoms with Gasteiger partial charge in [0.2, 0.25) is 5.91 Å². The highest BCUT2D eigenvalue weighted by atomic mass is 32.2. The van der Waals surface area contributed by atoms with Gasteiger partial charge in [-0.25, -0.2) is 4.98 Å². The number of nitrogens with one attached hydrogen (secondary N) is 1. The number of ether oxygens (including phenoxy) is 2. The van der Waals surface area contributed by atoms with Crippen molar-refractivity contribution in [2.75, 3.05) is 25.1 Å². The van der Waals surface area contributed by atoms with Gasteiger partial charge in [-0.15, -0.1) is 0 Å². The van der Waals surface area contributed by atoms with Crippen molar-refractivity contribution in [3.63, 3.8) is 0 Å². The Labute approximate surface area is 283 Å². The highest BCUT2D eigenvalue weighted by Crippen LogP contribution is 2.41. The van der Waals surface area contributed by atoms with Gasteiger partial charge in [0.15, 0.2) is 10.6 Å². The first-order valence-electron chi connectivity index (χ1n) is 17.1. The normalized spacial score (nSPS) is 18.9. The first-order valence-corrected chi connectivity index (χ1v) is 18.5. The average Bonchev–Trinajstić information content (AvgIpc) is 3.76. The number of unbranched alkanes of at least 4 members (excludes halogenated alkanes) is 1. The maximum Gasteiger partial charge on any atom is 0.248 e. The Morgan fingerprint density at radius 3 is 2.55 bits per heavy atom. The fourth-order valence-electron chi connectivity index (χ4n) is 6.47. The quantitative estimate of drug-likeness (QED) is 0.0953. The molecule has 1 fully saturated rings. The molecule has 2 aliphatic rings. The van der Waals surface area contributed by atoms with Gasteiger partial charge >= 0.3 is 0 Å². The molecule has 0 spiro atoms. The van der Waals surface area contributed by atoms with Crippen LogP contribution in [0.2, 0.25) is 0 Å². The van der Waals surface area contributed by atoms with Gasteiger partial charge in [-0.05, 0) is 110 Å². The molecular weight excluding hydrogens is 607 g/mol.